The van der Waals surface area contributed by atoms with Crippen LogP contribution in [-0.4, -0.2) is 48.3 Å². The number of carboxylic acid groups (broad SMARTS) is 2. The molecule has 26 heavy (non-hydrogen) atoms. The van der Waals surface area contributed by atoms with E-state index in [0.717, 1.165) is 6.07 Å². The van der Waals surface area contributed by atoms with Crippen LogP contribution < -0.4 is 0 Å². The largest absolute Gasteiger partial charge is 0.478 e. The maximum Gasteiger partial charge on any atom is 0.337 e. The van der Waals surface area contributed by atoms with Gasteiger partial charge in [0.15, 0.2) is 0 Å². The second kappa shape index (κ2) is 9.58. The Hall–Kier alpha value is -3.68. The molecule has 0 unspecified atom stereocenters. The summed E-state index contributed by atoms with van der Waals surface area (Å²) < 4.78 is 9.03. The summed E-state index contributed by atoms with van der Waals surface area (Å²) >= 11 is 0. The zero-order valence-electron chi connectivity index (χ0n) is 14.0. The molecule has 2 aromatic carbocycles. The standard InChI is InChI=1S/C10H10O4.C8H6O4/c1-13-9(11)7-4-3-5-8(6-7)10(12)14-2;9-7(10)5-2-1-3-6(4-5)8(11)12/h3-6H,1-2H3;1-4H,(H,9,10)(H,11,12). The van der Waals surface area contributed by atoms with Gasteiger partial charge in [-0.15, -0.1) is 0 Å². The van der Waals surface area contributed by atoms with Crippen LogP contribution in [0.3, 0.4) is 0 Å². The summed E-state index contributed by atoms with van der Waals surface area (Å²) in [5.41, 5.74) is 0.621. The van der Waals surface area contributed by atoms with E-state index in [4.69, 9.17) is 10.2 Å². The Bertz CT molecular complexity index is 765. The first-order valence-corrected chi connectivity index (χ1v) is 7.13. The normalized spacial score (nSPS) is 9.31. The molecule has 0 aliphatic heterocycles. The molecule has 0 aliphatic carbocycles. The Morgan fingerprint density at radius 1 is 0.654 bits per heavy atom. The first-order chi connectivity index (χ1) is 12.3. The highest BCUT2D eigenvalue weighted by Gasteiger charge is 2.10. The smallest absolute Gasteiger partial charge is 0.337 e. The summed E-state index contributed by atoms with van der Waals surface area (Å²) in [5, 5.41) is 17.0. The van der Waals surface area contributed by atoms with E-state index in [9.17, 15) is 19.2 Å². The van der Waals surface area contributed by atoms with E-state index in [1.807, 2.05) is 0 Å². The molecule has 8 nitrogen and oxygen atoms in total. The average Bonchev–Trinajstić information content (AvgIpc) is 2.67. The van der Waals surface area contributed by atoms with E-state index in [-0.39, 0.29) is 11.1 Å². The Morgan fingerprint density at radius 2 is 0.962 bits per heavy atom. The van der Waals surface area contributed by atoms with E-state index < -0.39 is 23.9 Å². The predicted octanol–water partition coefficient (Wildman–Crippen LogP) is 2.34. The molecule has 2 aromatic rings. The predicted molar refractivity (Wildman–Crippen MR) is 89.5 cm³/mol. The summed E-state index contributed by atoms with van der Waals surface area (Å²) in [6.07, 6.45) is 0. The molecule has 0 heterocycles. The minimum absolute atomic E-state index is 0.0186. The number of carbonyl (C=O) groups is 4. The fourth-order valence-electron chi connectivity index (χ4n) is 1.79. The number of aromatic carboxylic acids is 2. The fourth-order valence-corrected chi connectivity index (χ4v) is 1.79. The van der Waals surface area contributed by atoms with Gasteiger partial charge >= 0.3 is 23.9 Å². The summed E-state index contributed by atoms with van der Waals surface area (Å²) in [4.78, 5) is 43.0. The number of hydrogen-bond acceptors (Lipinski definition) is 6. The van der Waals surface area contributed by atoms with Gasteiger partial charge in [0.25, 0.3) is 0 Å². The van der Waals surface area contributed by atoms with Crippen molar-refractivity contribution in [1.82, 2.24) is 0 Å². The van der Waals surface area contributed by atoms with E-state index in [1.165, 1.54) is 38.5 Å². The lowest BCUT2D eigenvalue weighted by molar-refractivity contribution is 0.0595. The van der Waals surface area contributed by atoms with Crippen molar-refractivity contribution in [3.05, 3.63) is 70.8 Å². The zero-order valence-corrected chi connectivity index (χ0v) is 14.0. The molecule has 0 bridgehead atoms. The van der Waals surface area contributed by atoms with Crippen molar-refractivity contribution in [2.24, 2.45) is 0 Å². The third kappa shape index (κ3) is 5.75. The summed E-state index contributed by atoms with van der Waals surface area (Å²) in [6.45, 7) is 0. The number of carboxylic acids is 2. The SMILES string of the molecule is COC(=O)c1cccc(C(=O)OC)c1.O=C(O)c1cccc(C(=O)O)c1. The van der Waals surface area contributed by atoms with Gasteiger partial charge in [-0.3, -0.25) is 0 Å². The fraction of sp³-hybridized carbons (Fsp3) is 0.111. The molecule has 8 heteroatoms. The van der Waals surface area contributed by atoms with Crippen molar-refractivity contribution < 1.29 is 38.9 Å². The van der Waals surface area contributed by atoms with Crippen LogP contribution in [0.1, 0.15) is 41.4 Å². The van der Waals surface area contributed by atoms with E-state index in [0.29, 0.717) is 11.1 Å². The van der Waals surface area contributed by atoms with Crippen LogP contribution in [0.15, 0.2) is 48.5 Å². The van der Waals surface area contributed by atoms with E-state index in [2.05, 4.69) is 9.47 Å². The van der Waals surface area contributed by atoms with Gasteiger partial charge < -0.3 is 19.7 Å². The molecule has 0 saturated heterocycles. The molecule has 136 valence electrons. The highest BCUT2D eigenvalue weighted by molar-refractivity contribution is 5.95. The zero-order chi connectivity index (χ0) is 19.7. The summed E-state index contributed by atoms with van der Waals surface area (Å²) in [5.74, 6) is -3.21. The number of rotatable bonds is 4. The molecule has 0 spiro atoms. The lowest BCUT2D eigenvalue weighted by atomic mass is 10.1. The first-order valence-electron chi connectivity index (χ1n) is 7.13. The van der Waals surface area contributed by atoms with Gasteiger partial charge in [-0.05, 0) is 36.4 Å². The Kier molecular flexibility index (Phi) is 7.50. The van der Waals surface area contributed by atoms with Crippen LogP contribution in [0, 0.1) is 0 Å². The van der Waals surface area contributed by atoms with Gasteiger partial charge in [0.2, 0.25) is 0 Å². The van der Waals surface area contributed by atoms with Crippen LogP contribution in [0.4, 0.5) is 0 Å². The Labute approximate surface area is 148 Å². The number of methoxy groups -OCH3 is 2. The lowest BCUT2D eigenvalue weighted by Crippen LogP contribution is -2.05. The van der Waals surface area contributed by atoms with Crippen LogP contribution in [0.2, 0.25) is 0 Å². The third-order valence-electron chi connectivity index (χ3n) is 3.06. The number of hydrogen-bond donors (Lipinski definition) is 2. The third-order valence-corrected chi connectivity index (χ3v) is 3.06. The topological polar surface area (TPSA) is 127 Å². The lowest BCUT2D eigenvalue weighted by Gasteiger charge is -2.01. The van der Waals surface area contributed by atoms with Gasteiger partial charge in [0.05, 0.1) is 36.5 Å². The van der Waals surface area contributed by atoms with Crippen molar-refractivity contribution in [3.8, 4) is 0 Å². The Morgan fingerprint density at radius 3 is 1.27 bits per heavy atom. The summed E-state index contributed by atoms with van der Waals surface area (Å²) in [6, 6.07) is 11.4. The van der Waals surface area contributed by atoms with Crippen molar-refractivity contribution in [2.45, 2.75) is 0 Å². The number of carbonyl (C=O) groups excluding carboxylic acids is 2. The Balaban J connectivity index is 0.000000263. The highest BCUT2D eigenvalue weighted by Crippen LogP contribution is 2.07. The molecular formula is C18H16O8. The minimum atomic E-state index is -1.13. The monoisotopic (exact) mass is 360 g/mol. The van der Waals surface area contributed by atoms with Crippen LogP contribution in [0.5, 0.6) is 0 Å². The summed E-state index contributed by atoms with van der Waals surface area (Å²) in [7, 11) is 2.57. The van der Waals surface area contributed by atoms with Crippen LogP contribution in [0.25, 0.3) is 0 Å². The molecule has 2 rings (SSSR count). The second-order valence-corrected chi connectivity index (χ2v) is 4.76. The van der Waals surface area contributed by atoms with Crippen LogP contribution in [-0.2, 0) is 9.47 Å². The maximum atomic E-state index is 11.1. The molecule has 0 aromatic heterocycles. The van der Waals surface area contributed by atoms with Crippen molar-refractivity contribution in [3.63, 3.8) is 0 Å². The average molecular weight is 360 g/mol. The van der Waals surface area contributed by atoms with Gasteiger partial charge in [-0.25, -0.2) is 19.2 Å². The van der Waals surface area contributed by atoms with Gasteiger partial charge in [-0.2, -0.15) is 0 Å². The van der Waals surface area contributed by atoms with Gasteiger partial charge in [-0.1, -0.05) is 12.1 Å². The quantitative estimate of drug-likeness (QED) is 0.795. The first kappa shape index (κ1) is 20.4. The second-order valence-electron chi connectivity index (χ2n) is 4.76. The van der Waals surface area contributed by atoms with Crippen LogP contribution >= 0.6 is 0 Å². The van der Waals surface area contributed by atoms with Gasteiger partial charge in [0.1, 0.15) is 0 Å². The number of ether oxygens (including phenoxy) is 2. The molecule has 0 radical (unpaired) electrons. The highest BCUT2D eigenvalue weighted by atomic mass is 16.5. The van der Waals surface area contributed by atoms with E-state index in [1.54, 1.807) is 18.2 Å². The van der Waals surface area contributed by atoms with Crippen molar-refractivity contribution in [1.29, 1.82) is 0 Å². The van der Waals surface area contributed by atoms with Gasteiger partial charge in [0, 0.05) is 0 Å². The number of benzene rings is 2. The molecule has 0 saturated carbocycles. The minimum Gasteiger partial charge on any atom is -0.478 e. The van der Waals surface area contributed by atoms with E-state index >= 15 is 0 Å². The molecule has 0 fully saturated rings. The molecular weight excluding hydrogens is 344 g/mol. The van der Waals surface area contributed by atoms with Crippen molar-refractivity contribution in [2.75, 3.05) is 14.2 Å². The molecule has 0 aliphatic rings. The molecule has 0 atom stereocenters. The van der Waals surface area contributed by atoms with Crippen molar-refractivity contribution >= 4 is 23.9 Å². The molecule has 0 amide bonds. The molecule has 2 N–H and O–H groups in total. The number of esters is 2. The maximum absolute atomic E-state index is 11.1.